The van der Waals surface area contributed by atoms with Gasteiger partial charge in [-0.3, -0.25) is 4.79 Å². The number of aliphatic carboxylic acids is 1. The van der Waals surface area contributed by atoms with Gasteiger partial charge in [-0.25, -0.2) is 4.79 Å². The van der Waals surface area contributed by atoms with E-state index in [1.807, 2.05) is 0 Å². The maximum absolute atomic E-state index is 12.2. The highest BCUT2D eigenvalue weighted by atomic mass is 35.5. The molecule has 1 atom stereocenters. The Labute approximate surface area is 131 Å². The third kappa shape index (κ3) is 3.74. The number of carboxylic acid groups (broad SMARTS) is 1. The van der Waals surface area contributed by atoms with Crippen molar-refractivity contribution in [2.45, 2.75) is 6.04 Å². The van der Waals surface area contributed by atoms with Crippen molar-refractivity contribution >= 4 is 35.1 Å². The van der Waals surface area contributed by atoms with Crippen molar-refractivity contribution in [2.24, 2.45) is 0 Å². The van der Waals surface area contributed by atoms with Gasteiger partial charge in [-0.15, -0.1) is 0 Å². The fraction of sp³-hybridized carbons (Fsp3) is 0.0667. The van der Waals surface area contributed by atoms with E-state index in [9.17, 15) is 14.7 Å². The number of rotatable bonds is 4. The summed E-state index contributed by atoms with van der Waals surface area (Å²) in [6.45, 7) is 0. The summed E-state index contributed by atoms with van der Waals surface area (Å²) in [4.78, 5) is 23.5. The van der Waals surface area contributed by atoms with Crippen LogP contribution in [0.4, 0.5) is 0 Å². The summed E-state index contributed by atoms with van der Waals surface area (Å²) in [7, 11) is 0. The molecule has 0 heterocycles. The van der Waals surface area contributed by atoms with Crippen LogP contribution in [0, 0.1) is 0 Å². The van der Waals surface area contributed by atoms with Crippen LogP contribution in [0.15, 0.2) is 48.5 Å². The number of carbonyl (C=O) groups excluding carboxylic acids is 1. The highest BCUT2D eigenvalue weighted by molar-refractivity contribution is 6.36. The molecule has 0 spiro atoms. The lowest BCUT2D eigenvalue weighted by Crippen LogP contribution is -2.33. The van der Waals surface area contributed by atoms with Gasteiger partial charge in [-0.2, -0.15) is 0 Å². The number of nitrogens with one attached hydrogen (secondary N) is 1. The number of carbonyl (C=O) groups is 2. The zero-order valence-corrected chi connectivity index (χ0v) is 12.2. The number of amides is 1. The molecule has 0 radical (unpaired) electrons. The largest absolute Gasteiger partial charge is 0.479 e. The van der Waals surface area contributed by atoms with E-state index >= 15 is 0 Å². The van der Waals surface area contributed by atoms with Crippen molar-refractivity contribution in [2.75, 3.05) is 0 Å². The molecule has 2 aromatic rings. The van der Waals surface area contributed by atoms with Crippen LogP contribution in [0.3, 0.4) is 0 Å². The van der Waals surface area contributed by atoms with Crippen LogP contribution in [0.5, 0.6) is 0 Å². The average Bonchev–Trinajstić information content (AvgIpc) is 2.45. The first-order valence-electron chi connectivity index (χ1n) is 6.02. The molecule has 2 N–H and O–H groups in total. The van der Waals surface area contributed by atoms with Crippen LogP contribution >= 0.6 is 23.2 Å². The van der Waals surface area contributed by atoms with Gasteiger partial charge in [0.25, 0.3) is 5.91 Å². The highest BCUT2D eigenvalue weighted by Gasteiger charge is 2.23. The summed E-state index contributed by atoms with van der Waals surface area (Å²) in [5.41, 5.74) is 0.645. The number of hydrogen-bond donors (Lipinski definition) is 2. The van der Waals surface area contributed by atoms with Gasteiger partial charge in [0.15, 0.2) is 6.04 Å². The molecule has 2 aromatic carbocycles. The molecule has 0 aromatic heterocycles. The van der Waals surface area contributed by atoms with E-state index in [1.54, 1.807) is 30.3 Å². The molecule has 1 amide bonds. The second-order valence-corrected chi connectivity index (χ2v) is 5.12. The van der Waals surface area contributed by atoms with E-state index in [0.29, 0.717) is 10.6 Å². The van der Waals surface area contributed by atoms with Crippen molar-refractivity contribution in [3.05, 3.63) is 69.7 Å². The molecule has 0 saturated heterocycles. The molecule has 1 unspecified atom stereocenters. The molecule has 21 heavy (non-hydrogen) atoms. The van der Waals surface area contributed by atoms with Crippen LogP contribution in [-0.2, 0) is 4.79 Å². The molecule has 6 heteroatoms. The molecular weight excluding hydrogens is 313 g/mol. The van der Waals surface area contributed by atoms with Crippen molar-refractivity contribution in [1.82, 2.24) is 5.32 Å². The lowest BCUT2D eigenvalue weighted by atomic mass is 10.1. The second kappa shape index (κ2) is 6.61. The van der Waals surface area contributed by atoms with Crippen LogP contribution in [0.2, 0.25) is 10.0 Å². The maximum Gasteiger partial charge on any atom is 0.330 e. The Hall–Kier alpha value is -2.04. The Balaban J connectivity index is 2.25. The summed E-state index contributed by atoms with van der Waals surface area (Å²) >= 11 is 11.7. The zero-order chi connectivity index (χ0) is 15.4. The summed E-state index contributed by atoms with van der Waals surface area (Å²) in [6.07, 6.45) is 0. The van der Waals surface area contributed by atoms with Gasteiger partial charge in [-0.05, 0) is 23.8 Å². The van der Waals surface area contributed by atoms with Crippen LogP contribution in [-0.4, -0.2) is 17.0 Å². The topological polar surface area (TPSA) is 66.4 Å². The smallest absolute Gasteiger partial charge is 0.330 e. The van der Waals surface area contributed by atoms with Crippen LogP contribution in [0.1, 0.15) is 22.0 Å². The molecule has 0 bridgehead atoms. The third-order valence-corrected chi connectivity index (χ3v) is 3.38. The monoisotopic (exact) mass is 323 g/mol. The molecule has 0 fully saturated rings. The van der Waals surface area contributed by atoms with Gasteiger partial charge >= 0.3 is 5.97 Å². The fourth-order valence-corrected chi connectivity index (χ4v) is 2.31. The Bertz CT molecular complexity index is 674. The summed E-state index contributed by atoms with van der Waals surface area (Å²) in [5, 5.41) is 12.3. The lowest BCUT2D eigenvalue weighted by molar-refractivity contribution is -0.139. The molecule has 0 aliphatic heterocycles. The van der Waals surface area contributed by atoms with Gasteiger partial charge < -0.3 is 10.4 Å². The Kier molecular flexibility index (Phi) is 4.83. The predicted octanol–water partition coefficient (Wildman–Crippen LogP) is 3.55. The van der Waals surface area contributed by atoms with Crippen LogP contribution in [0.25, 0.3) is 0 Å². The standard InChI is InChI=1S/C15H11Cl2NO3/c16-10-6-7-11(12(17)8-10)14(19)18-13(15(20)21)9-4-2-1-3-5-9/h1-8,13H,(H,18,19)(H,20,21). The van der Waals surface area contributed by atoms with E-state index in [-0.39, 0.29) is 10.6 Å². The van der Waals surface area contributed by atoms with Gasteiger partial charge in [0, 0.05) is 5.02 Å². The Morgan fingerprint density at radius 2 is 1.71 bits per heavy atom. The van der Waals surface area contributed by atoms with Gasteiger partial charge in [-0.1, -0.05) is 53.5 Å². The zero-order valence-electron chi connectivity index (χ0n) is 10.7. The molecule has 0 aliphatic carbocycles. The molecule has 108 valence electrons. The van der Waals surface area contributed by atoms with Gasteiger partial charge in [0.05, 0.1) is 10.6 Å². The fourth-order valence-electron chi connectivity index (χ4n) is 1.82. The van der Waals surface area contributed by atoms with E-state index in [2.05, 4.69) is 5.32 Å². The highest BCUT2D eigenvalue weighted by Crippen LogP contribution is 2.22. The minimum Gasteiger partial charge on any atom is -0.479 e. The Morgan fingerprint density at radius 1 is 1.05 bits per heavy atom. The number of hydrogen-bond acceptors (Lipinski definition) is 2. The predicted molar refractivity (Wildman–Crippen MR) is 80.7 cm³/mol. The Morgan fingerprint density at radius 3 is 2.29 bits per heavy atom. The number of carboxylic acids is 1. The van der Waals surface area contributed by atoms with E-state index < -0.39 is 17.9 Å². The van der Waals surface area contributed by atoms with Crippen molar-refractivity contribution in [1.29, 1.82) is 0 Å². The first-order valence-corrected chi connectivity index (χ1v) is 6.78. The quantitative estimate of drug-likeness (QED) is 0.904. The molecule has 0 saturated carbocycles. The minimum atomic E-state index is -1.15. The first-order chi connectivity index (χ1) is 9.99. The summed E-state index contributed by atoms with van der Waals surface area (Å²) in [6, 6.07) is 11.7. The molecule has 4 nitrogen and oxygen atoms in total. The normalized spacial score (nSPS) is 11.7. The SMILES string of the molecule is O=C(NC(C(=O)O)c1ccccc1)c1ccc(Cl)cc1Cl. The van der Waals surface area contributed by atoms with E-state index in [1.165, 1.54) is 18.2 Å². The number of benzene rings is 2. The molecule has 2 rings (SSSR count). The third-order valence-electron chi connectivity index (χ3n) is 2.83. The number of halogens is 2. The average molecular weight is 324 g/mol. The molecular formula is C15H11Cl2NO3. The van der Waals surface area contributed by atoms with E-state index in [4.69, 9.17) is 23.2 Å². The minimum absolute atomic E-state index is 0.164. The second-order valence-electron chi connectivity index (χ2n) is 4.28. The van der Waals surface area contributed by atoms with E-state index in [0.717, 1.165) is 0 Å². The molecule has 0 aliphatic rings. The van der Waals surface area contributed by atoms with Gasteiger partial charge in [0.1, 0.15) is 0 Å². The van der Waals surface area contributed by atoms with Crippen molar-refractivity contribution in [3.8, 4) is 0 Å². The van der Waals surface area contributed by atoms with Crippen molar-refractivity contribution in [3.63, 3.8) is 0 Å². The first kappa shape index (κ1) is 15.4. The van der Waals surface area contributed by atoms with Gasteiger partial charge in [0.2, 0.25) is 0 Å². The summed E-state index contributed by atoms with van der Waals surface area (Å²) < 4.78 is 0. The lowest BCUT2D eigenvalue weighted by Gasteiger charge is -2.15. The van der Waals surface area contributed by atoms with Crippen molar-refractivity contribution < 1.29 is 14.7 Å². The van der Waals surface area contributed by atoms with Crippen LogP contribution < -0.4 is 5.32 Å². The maximum atomic E-state index is 12.2. The summed E-state index contributed by atoms with van der Waals surface area (Å²) in [5.74, 6) is -1.73.